The van der Waals surface area contributed by atoms with Gasteiger partial charge in [0.1, 0.15) is 6.42 Å². The van der Waals surface area contributed by atoms with Crippen molar-refractivity contribution in [1.82, 2.24) is 9.97 Å². The number of carbonyl (C=O) groups excluding carboxylic acids is 2. The Morgan fingerprint density at radius 1 is 0.842 bits per heavy atom. The van der Waals surface area contributed by atoms with Crippen LogP contribution in [0.1, 0.15) is 6.42 Å². The van der Waals surface area contributed by atoms with E-state index in [-0.39, 0.29) is 11.8 Å². The normalized spacial score (nSPS) is 9.68. The van der Waals surface area contributed by atoms with E-state index >= 15 is 0 Å². The Kier molecular flexibility index (Phi) is 4.17. The number of esters is 2. The van der Waals surface area contributed by atoms with E-state index in [1.807, 2.05) is 0 Å². The van der Waals surface area contributed by atoms with Gasteiger partial charge in [-0.15, -0.1) is 0 Å². The van der Waals surface area contributed by atoms with Gasteiger partial charge in [0.25, 0.3) is 0 Å². The smallest absolute Gasteiger partial charge is 0.323 e. The molecule has 2 rings (SSSR count). The molecule has 0 unspecified atom stereocenters. The standard InChI is InChI=1S/C13H10N2O4/c16-12(18-10-5-1-3-7-14-10)9-13(17)19-11-6-2-4-8-15-11/h1-8H,9H2. The van der Waals surface area contributed by atoms with E-state index in [4.69, 9.17) is 9.47 Å². The van der Waals surface area contributed by atoms with E-state index in [1.165, 1.54) is 24.5 Å². The number of hydrogen-bond donors (Lipinski definition) is 0. The van der Waals surface area contributed by atoms with Crippen molar-refractivity contribution in [2.24, 2.45) is 0 Å². The van der Waals surface area contributed by atoms with Crippen LogP contribution in [-0.2, 0) is 9.59 Å². The number of nitrogens with zero attached hydrogens (tertiary/aromatic N) is 2. The molecule has 19 heavy (non-hydrogen) atoms. The minimum atomic E-state index is -0.736. The van der Waals surface area contributed by atoms with Gasteiger partial charge in [-0.05, 0) is 12.1 Å². The van der Waals surface area contributed by atoms with Gasteiger partial charge in [-0.1, -0.05) is 12.1 Å². The van der Waals surface area contributed by atoms with E-state index < -0.39 is 18.4 Å². The molecule has 0 atom stereocenters. The Morgan fingerprint density at radius 2 is 1.32 bits per heavy atom. The van der Waals surface area contributed by atoms with Gasteiger partial charge in [0.05, 0.1) is 0 Å². The van der Waals surface area contributed by atoms with Gasteiger partial charge in [0.2, 0.25) is 11.8 Å². The number of aromatic nitrogens is 2. The van der Waals surface area contributed by atoms with Crippen molar-refractivity contribution in [2.75, 3.05) is 0 Å². The summed E-state index contributed by atoms with van der Waals surface area (Å²) >= 11 is 0. The van der Waals surface area contributed by atoms with Gasteiger partial charge in [0, 0.05) is 24.5 Å². The molecule has 6 nitrogen and oxygen atoms in total. The van der Waals surface area contributed by atoms with E-state index in [0.29, 0.717) is 0 Å². The van der Waals surface area contributed by atoms with Gasteiger partial charge in [0.15, 0.2) is 0 Å². The Morgan fingerprint density at radius 3 is 1.68 bits per heavy atom. The van der Waals surface area contributed by atoms with Crippen molar-refractivity contribution in [3.05, 3.63) is 48.8 Å². The first-order chi connectivity index (χ1) is 9.24. The van der Waals surface area contributed by atoms with Crippen LogP contribution in [0.4, 0.5) is 0 Å². The molecule has 0 N–H and O–H groups in total. The molecule has 0 aliphatic rings. The van der Waals surface area contributed by atoms with Crippen LogP contribution in [0.3, 0.4) is 0 Å². The summed E-state index contributed by atoms with van der Waals surface area (Å²) in [5.74, 6) is -1.20. The molecule has 96 valence electrons. The summed E-state index contributed by atoms with van der Waals surface area (Å²) in [5, 5.41) is 0. The fourth-order valence-electron chi connectivity index (χ4n) is 1.24. The van der Waals surface area contributed by atoms with E-state index in [2.05, 4.69) is 9.97 Å². The molecule has 6 heteroatoms. The predicted molar refractivity (Wildman–Crippen MR) is 64.4 cm³/mol. The zero-order chi connectivity index (χ0) is 13.5. The summed E-state index contributed by atoms with van der Waals surface area (Å²) in [5.41, 5.74) is 0. The topological polar surface area (TPSA) is 78.4 Å². The molecule has 0 radical (unpaired) electrons. The predicted octanol–water partition coefficient (Wildman–Crippen LogP) is 1.38. The lowest BCUT2D eigenvalue weighted by molar-refractivity contribution is -0.144. The summed E-state index contributed by atoms with van der Waals surface area (Å²) in [4.78, 5) is 30.5. The first kappa shape index (κ1) is 12.7. The first-order valence-corrected chi connectivity index (χ1v) is 5.47. The van der Waals surface area contributed by atoms with E-state index in [1.54, 1.807) is 24.3 Å². The molecule has 2 aromatic heterocycles. The van der Waals surface area contributed by atoms with Crippen LogP contribution in [0.2, 0.25) is 0 Å². The molecule has 0 aliphatic heterocycles. The Labute approximate surface area is 109 Å². The zero-order valence-corrected chi connectivity index (χ0v) is 9.85. The van der Waals surface area contributed by atoms with Crippen LogP contribution in [0.25, 0.3) is 0 Å². The van der Waals surface area contributed by atoms with E-state index in [0.717, 1.165) is 0 Å². The summed E-state index contributed by atoms with van der Waals surface area (Å²) < 4.78 is 9.70. The van der Waals surface area contributed by atoms with Crippen LogP contribution >= 0.6 is 0 Å². The SMILES string of the molecule is O=C(CC(=O)Oc1ccccn1)Oc1ccccn1. The fraction of sp³-hybridized carbons (Fsp3) is 0.0769. The largest absolute Gasteiger partial charge is 0.407 e. The molecule has 2 aromatic rings. The first-order valence-electron chi connectivity index (χ1n) is 5.47. The summed E-state index contributed by atoms with van der Waals surface area (Å²) in [7, 11) is 0. The molecule has 0 aliphatic carbocycles. The maximum atomic E-state index is 11.4. The van der Waals surface area contributed by atoms with Crippen molar-refractivity contribution in [3.63, 3.8) is 0 Å². The van der Waals surface area contributed by atoms with Crippen molar-refractivity contribution in [2.45, 2.75) is 6.42 Å². The Hall–Kier alpha value is -2.76. The minimum Gasteiger partial charge on any atom is -0.407 e. The summed E-state index contributed by atoms with van der Waals surface area (Å²) in [6, 6.07) is 9.74. The molecule has 0 aromatic carbocycles. The molecule has 0 spiro atoms. The molecule has 2 heterocycles. The maximum absolute atomic E-state index is 11.4. The van der Waals surface area contributed by atoms with Crippen molar-refractivity contribution < 1.29 is 19.1 Å². The second kappa shape index (κ2) is 6.25. The third kappa shape index (κ3) is 4.19. The lowest BCUT2D eigenvalue weighted by atomic mass is 10.4. The third-order valence-corrected chi connectivity index (χ3v) is 2.00. The average molecular weight is 258 g/mol. The second-order valence-corrected chi connectivity index (χ2v) is 3.46. The van der Waals surface area contributed by atoms with Gasteiger partial charge in [-0.3, -0.25) is 9.59 Å². The average Bonchev–Trinajstić information content (AvgIpc) is 2.40. The molecule has 0 amide bonds. The third-order valence-electron chi connectivity index (χ3n) is 2.00. The van der Waals surface area contributed by atoms with Crippen LogP contribution in [0, 0.1) is 0 Å². The molecule has 0 saturated heterocycles. The number of hydrogen-bond acceptors (Lipinski definition) is 6. The molecular weight excluding hydrogens is 248 g/mol. The van der Waals surface area contributed by atoms with Crippen molar-refractivity contribution in [1.29, 1.82) is 0 Å². The summed E-state index contributed by atoms with van der Waals surface area (Å²) in [6.45, 7) is 0. The van der Waals surface area contributed by atoms with Crippen LogP contribution in [-0.4, -0.2) is 21.9 Å². The van der Waals surface area contributed by atoms with Crippen LogP contribution in [0.5, 0.6) is 11.8 Å². The van der Waals surface area contributed by atoms with Crippen molar-refractivity contribution in [3.8, 4) is 11.8 Å². The molecule has 0 saturated carbocycles. The van der Waals surface area contributed by atoms with Crippen LogP contribution < -0.4 is 9.47 Å². The number of carbonyl (C=O) groups is 2. The second-order valence-electron chi connectivity index (χ2n) is 3.46. The fourth-order valence-corrected chi connectivity index (χ4v) is 1.24. The molecular formula is C13H10N2O4. The van der Waals surface area contributed by atoms with Gasteiger partial charge in [-0.25, -0.2) is 9.97 Å². The van der Waals surface area contributed by atoms with Crippen LogP contribution in [0.15, 0.2) is 48.8 Å². The van der Waals surface area contributed by atoms with Gasteiger partial charge >= 0.3 is 11.9 Å². The van der Waals surface area contributed by atoms with E-state index in [9.17, 15) is 9.59 Å². The Bertz CT molecular complexity index is 506. The monoisotopic (exact) mass is 258 g/mol. The number of rotatable bonds is 4. The Balaban J connectivity index is 1.84. The highest BCUT2D eigenvalue weighted by Gasteiger charge is 2.14. The minimum absolute atomic E-state index is 0.137. The highest BCUT2D eigenvalue weighted by molar-refractivity contribution is 5.92. The molecule has 0 bridgehead atoms. The quantitative estimate of drug-likeness (QED) is 0.609. The van der Waals surface area contributed by atoms with Gasteiger partial charge < -0.3 is 9.47 Å². The maximum Gasteiger partial charge on any atom is 0.323 e. The highest BCUT2D eigenvalue weighted by atomic mass is 16.6. The molecule has 0 fully saturated rings. The number of ether oxygens (including phenoxy) is 2. The number of pyridine rings is 2. The zero-order valence-electron chi connectivity index (χ0n) is 9.85. The lowest BCUT2D eigenvalue weighted by Crippen LogP contribution is -2.18. The lowest BCUT2D eigenvalue weighted by Gasteiger charge is -2.03. The summed E-state index contributed by atoms with van der Waals surface area (Å²) in [6.07, 6.45) is 2.46. The highest BCUT2D eigenvalue weighted by Crippen LogP contribution is 2.07. The van der Waals surface area contributed by atoms with Gasteiger partial charge in [-0.2, -0.15) is 0 Å². The van der Waals surface area contributed by atoms with Crippen molar-refractivity contribution >= 4 is 11.9 Å².